The Balaban J connectivity index is 1.53. The standard InChI is InChI=1S/C22H30N2O3/c25-19-8-7-18(13-17(19)16-23-11-5-2-6-12-23)24-20(26)14-22(15-21(24)27)9-3-1-4-10-22/h7-8,13,25H,1-6,9-12,14-16H2. The number of hydrogen-bond acceptors (Lipinski definition) is 4. The molecule has 1 saturated carbocycles. The molecule has 0 bridgehead atoms. The van der Waals surface area contributed by atoms with Gasteiger partial charge in [-0.2, -0.15) is 0 Å². The van der Waals surface area contributed by atoms with Crippen molar-refractivity contribution in [2.75, 3.05) is 18.0 Å². The van der Waals surface area contributed by atoms with E-state index in [4.69, 9.17) is 0 Å². The molecule has 0 aromatic heterocycles. The quantitative estimate of drug-likeness (QED) is 0.818. The van der Waals surface area contributed by atoms with E-state index in [1.165, 1.54) is 30.6 Å². The molecule has 146 valence electrons. The second-order valence-electron chi connectivity index (χ2n) is 8.69. The first kappa shape index (κ1) is 18.5. The zero-order valence-corrected chi connectivity index (χ0v) is 16.1. The van der Waals surface area contributed by atoms with Gasteiger partial charge in [0.15, 0.2) is 0 Å². The number of phenolic OH excluding ortho intramolecular Hbond substituents is 1. The predicted octanol–water partition coefficient (Wildman–Crippen LogP) is 3.98. The van der Waals surface area contributed by atoms with E-state index in [-0.39, 0.29) is 23.0 Å². The number of piperidine rings is 2. The van der Waals surface area contributed by atoms with E-state index in [0.29, 0.717) is 25.1 Å². The molecule has 2 amide bonds. The SMILES string of the molecule is O=C1CC2(CCCCC2)CC(=O)N1c1ccc(O)c(CN2CCCCC2)c1. The largest absolute Gasteiger partial charge is 0.508 e. The van der Waals surface area contributed by atoms with Crippen LogP contribution in [0.25, 0.3) is 0 Å². The first-order valence-corrected chi connectivity index (χ1v) is 10.5. The maximum atomic E-state index is 12.9. The summed E-state index contributed by atoms with van der Waals surface area (Å²) in [5, 5.41) is 10.3. The molecule has 0 atom stereocenters. The van der Waals surface area contributed by atoms with Gasteiger partial charge >= 0.3 is 0 Å². The average molecular weight is 370 g/mol. The van der Waals surface area contributed by atoms with Crippen LogP contribution >= 0.6 is 0 Å². The van der Waals surface area contributed by atoms with Crippen molar-refractivity contribution in [2.24, 2.45) is 5.41 Å². The van der Waals surface area contributed by atoms with E-state index < -0.39 is 0 Å². The zero-order chi connectivity index (χ0) is 18.9. The van der Waals surface area contributed by atoms with Crippen molar-refractivity contribution in [1.29, 1.82) is 0 Å². The number of nitrogens with zero attached hydrogens (tertiary/aromatic N) is 2. The van der Waals surface area contributed by atoms with Gasteiger partial charge in [-0.25, -0.2) is 0 Å². The number of rotatable bonds is 3. The van der Waals surface area contributed by atoms with E-state index in [0.717, 1.165) is 44.3 Å². The van der Waals surface area contributed by atoms with Gasteiger partial charge in [-0.15, -0.1) is 0 Å². The number of carbonyl (C=O) groups excluding carboxylic acids is 2. The molecule has 27 heavy (non-hydrogen) atoms. The first-order chi connectivity index (χ1) is 13.1. The molecule has 5 heteroatoms. The number of likely N-dealkylation sites (tertiary alicyclic amines) is 1. The van der Waals surface area contributed by atoms with Crippen LogP contribution < -0.4 is 4.90 Å². The van der Waals surface area contributed by atoms with Gasteiger partial charge in [0.1, 0.15) is 5.75 Å². The lowest BCUT2D eigenvalue weighted by molar-refractivity contribution is -0.134. The Morgan fingerprint density at radius 2 is 1.52 bits per heavy atom. The van der Waals surface area contributed by atoms with Crippen LogP contribution in [0.3, 0.4) is 0 Å². The molecule has 3 fully saturated rings. The number of benzene rings is 1. The van der Waals surface area contributed by atoms with Crippen LogP contribution in [0.4, 0.5) is 5.69 Å². The average Bonchev–Trinajstić information content (AvgIpc) is 2.65. The van der Waals surface area contributed by atoms with Gasteiger partial charge in [-0.05, 0) is 62.4 Å². The molecule has 0 radical (unpaired) electrons. The summed E-state index contributed by atoms with van der Waals surface area (Å²) in [4.78, 5) is 29.5. The second kappa shape index (κ2) is 7.63. The molecule has 1 N–H and O–H groups in total. The van der Waals surface area contributed by atoms with E-state index in [1.54, 1.807) is 12.1 Å². The lowest BCUT2D eigenvalue weighted by atomic mass is 9.67. The molecule has 2 saturated heterocycles. The van der Waals surface area contributed by atoms with Crippen LogP contribution in [0, 0.1) is 5.41 Å². The van der Waals surface area contributed by atoms with Crippen LogP contribution in [-0.4, -0.2) is 34.9 Å². The summed E-state index contributed by atoms with van der Waals surface area (Å²) in [6, 6.07) is 5.16. The number of amides is 2. The normalized spacial score (nSPS) is 23.8. The minimum atomic E-state index is -0.101. The van der Waals surface area contributed by atoms with Gasteiger partial charge in [0.2, 0.25) is 11.8 Å². The summed E-state index contributed by atoms with van der Waals surface area (Å²) in [7, 11) is 0. The molecule has 5 nitrogen and oxygen atoms in total. The van der Waals surface area contributed by atoms with Crippen LogP contribution in [0.15, 0.2) is 18.2 Å². The van der Waals surface area contributed by atoms with Gasteiger partial charge in [-0.3, -0.25) is 19.4 Å². The van der Waals surface area contributed by atoms with E-state index in [9.17, 15) is 14.7 Å². The molecule has 3 aliphatic rings. The lowest BCUT2D eigenvalue weighted by Crippen LogP contribution is -2.48. The fourth-order valence-corrected chi connectivity index (χ4v) is 5.14. The Kier molecular flexibility index (Phi) is 5.22. The van der Waals surface area contributed by atoms with Gasteiger partial charge in [-0.1, -0.05) is 25.7 Å². The van der Waals surface area contributed by atoms with E-state index >= 15 is 0 Å². The van der Waals surface area contributed by atoms with Crippen molar-refractivity contribution in [2.45, 2.75) is 70.8 Å². The fourth-order valence-electron chi connectivity index (χ4n) is 5.14. The number of carbonyl (C=O) groups is 2. The highest BCUT2D eigenvalue weighted by molar-refractivity contribution is 6.17. The van der Waals surface area contributed by atoms with Crippen LogP contribution in [0.2, 0.25) is 0 Å². The monoisotopic (exact) mass is 370 g/mol. The molecule has 1 spiro atoms. The lowest BCUT2D eigenvalue weighted by Gasteiger charge is -2.42. The summed E-state index contributed by atoms with van der Waals surface area (Å²) in [6.07, 6.45) is 10.0. The molecule has 2 heterocycles. The third-order valence-electron chi connectivity index (χ3n) is 6.63. The first-order valence-electron chi connectivity index (χ1n) is 10.5. The Morgan fingerprint density at radius 1 is 0.889 bits per heavy atom. The number of phenols is 1. The molecule has 2 aliphatic heterocycles. The molecular weight excluding hydrogens is 340 g/mol. The van der Waals surface area contributed by atoms with Crippen LogP contribution in [0.5, 0.6) is 5.75 Å². The molecule has 0 unspecified atom stereocenters. The van der Waals surface area contributed by atoms with Gasteiger partial charge in [0, 0.05) is 24.9 Å². The van der Waals surface area contributed by atoms with Crippen LogP contribution in [-0.2, 0) is 16.1 Å². The van der Waals surface area contributed by atoms with Crippen molar-refractivity contribution >= 4 is 17.5 Å². The van der Waals surface area contributed by atoms with Crippen molar-refractivity contribution in [1.82, 2.24) is 4.90 Å². The fraction of sp³-hybridized carbons (Fsp3) is 0.636. The third-order valence-corrected chi connectivity index (χ3v) is 6.63. The number of hydrogen-bond donors (Lipinski definition) is 1. The molecule has 1 aromatic rings. The summed E-state index contributed by atoms with van der Waals surface area (Å²) in [5.74, 6) is 0.0792. The predicted molar refractivity (Wildman–Crippen MR) is 104 cm³/mol. The van der Waals surface area contributed by atoms with E-state index in [1.807, 2.05) is 6.07 Å². The van der Waals surface area contributed by atoms with Gasteiger partial charge < -0.3 is 5.11 Å². The zero-order valence-electron chi connectivity index (χ0n) is 16.1. The summed E-state index contributed by atoms with van der Waals surface area (Å²) in [6.45, 7) is 2.74. The highest BCUT2D eigenvalue weighted by atomic mass is 16.3. The number of anilines is 1. The van der Waals surface area contributed by atoms with Crippen molar-refractivity contribution in [3.8, 4) is 5.75 Å². The smallest absolute Gasteiger partial charge is 0.234 e. The van der Waals surface area contributed by atoms with Crippen molar-refractivity contribution in [3.05, 3.63) is 23.8 Å². The molecule has 1 aromatic carbocycles. The van der Waals surface area contributed by atoms with Crippen molar-refractivity contribution < 1.29 is 14.7 Å². The maximum Gasteiger partial charge on any atom is 0.234 e. The van der Waals surface area contributed by atoms with Gasteiger partial charge in [0.25, 0.3) is 0 Å². The van der Waals surface area contributed by atoms with E-state index in [2.05, 4.69) is 4.90 Å². The molecule has 4 rings (SSSR count). The molecular formula is C22H30N2O3. The summed E-state index contributed by atoms with van der Waals surface area (Å²) >= 11 is 0. The summed E-state index contributed by atoms with van der Waals surface area (Å²) in [5.41, 5.74) is 1.31. The Bertz CT molecular complexity index is 698. The highest BCUT2D eigenvalue weighted by Gasteiger charge is 2.44. The number of imide groups is 1. The third kappa shape index (κ3) is 3.88. The highest BCUT2D eigenvalue weighted by Crippen LogP contribution is 2.46. The topological polar surface area (TPSA) is 60.9 Å². The maximum absolute atomic E-state index is 12.9. The minimum absolute atomic E-state index is 0.0808. The number of aromatic hydroxyl groups is 1. The Hall–Kier alpha value is -1.88. The second-order valence-corrected chi connectivity index (χ2v) is 8.69. The van der Waals surface area contributed by atoms with Gasteiger partial charge in [0.05, 0.1) is 5.69 Å². The Labute approximate surface area is 161 Å². The van der Waals surface area contributed by atoms with Crippen LogP contribution in [0.1, 0.15) is 69.8 Å². The summed E-state index contributed by atoms with van der Waals surface area (Å²) < 4.78 is 0. The molecule has 1 aliphatic carbocycles. The van der Waals surface area contributed by atoms with Crippen molar-refractivity contribution in [3.63, 3.8) is 0 Å². The Morgan fingerprint density at radius 3 is 2.19 bits per heavy atom. The minimum Gasteiger partial charge on any atom is -0.508 e.